The van der Waals surface area contributed by atoms with Crippen molar-refractivity contribution in [2.45, 2.75) is 31.7 Å². The number of carbonyl (C=O) groups is 2. The van der Waals surface area contributed by atoms with Gasteiger partial charge >= 0.3 is 6.03 Å². The number of carbonyl (C=O) groups excluding carboxylic acids is 2. The van der Waals surface area contributed by atoms with Gasteiger partial charge in [0.05, 0.1) is 0 Å². The lowest BCUT2D eigenvalue weighted by Crippen LogP contribution is -2.46. The molecule has 0 saturated carbocycles. The molecule has 2 amide bonds. The minimum absolute atomic E-state index is 0.0498. The number of piperidine rings is 1. The summed E-state index contributed by atoms with van der Waals surface area (Å²) in [4.78, 5) is 22.7. The Labute approximate surface area is 71.7 Å². The molecular formula is C8H14N2O2. The van der Waals surface area contributed by atoms with Crippen LogP contribution >= 0.6 is 0 Å². The first-order chi connectivity index (χ1) is 5.75. The quantitative estimate of drug-likeness (QED) is 0.613. The third kappa shape index (κ3) is 1.96. The van der Waals surface area contributed by atoms with Gasteiger partial charge in [0.1, 0.15) is 6.29 Å². The van der Waals surface area contributed by atoms with Crippen LogP contribution in [0.3, 0.4) is 0 Å². The third-order valence-electron chi connectivity index (χ3n) is 2.28. The maximum absolute atomic E-state index is 10.9. The smallest absolute Gasteiger partial charge is 0.315 e. The Morgan fingerprint density at radius 1 is 1.58 bits per heavy atom. The molecule has 1 rings (SSSR count). The van der Waals surface area contributed by atoms with Gasteiger partial charge in [0.15, 0.2) is 0 Å². The van der Waals surface area contributed by atoms with E-state index in [2.05, 4.69) is 0 Å². The maximum atomic E-state index is 10.9. The molecule has 1 aliphatic heterocycles. The van der Waals surface area contributed by atoms with E-state index in [4.69, 9.17) is 5.73 Å². The zero-order valence-corrected chi connectivity index (χ0v) is 7.03. The number of primary amides is 1. The van der Waals surface area contributed by atoms with Gasteiger partial charge in [0.25, 0.3) is 0 Å². The highest BCUT2D eigenvalue weighted by molar-refractivity contribution is 5.73. The van der Waals surface area contributed by atoms with Gasteiger partial charge < -0.3 is 15.4 Å². The Hall–Kier alpha value is -1.06. The summed E-state index contributed by atoms with van der Waals surface area (Å²) in [6, 6.07) is -0.352. The molecular weight excluding hydrogens is 156 g/mol. The summed E-state index contributed by atoms with van der Waals surface area (Å²) < 4.78 is 0. The van der Waals surface area contributed by atoms with Crippen molar-refractivity contribution in [2.75, 3.05) is 6.54 Å². The van der Waals surface area contributed by atoms with Crippen LogP contribution < -0.4 is 5.73 Å². The first-order valence-electron chi connectivity index (χ1n) is 4.25. The summed E-state index contributed by atoms with van der Waals surface area (Å²) >= 11 is 0. The Morgan fingerprint density at radius 2 is 2.33 bits per heavy atom. The van der Waals surface area contributed by atoms with Gasteiger partial charge in [0.2, 0.25) is 0 Å². The number of amides is 2. The molecule has 0 radical (unpaired) electrons. The van der Waals surface area contributed by atoms with Crippen molar-refractivity contribution in [1.29, 1.82) is 0 Å². The summed E-state index contributed by atoms with van der Waals surface area (Å²) in [7, 11) is 0. The van der Waals surface area contributed by atoms with Gasteiger partial charge in [-0.2, -0.15) is 0 Å². The number of rotatable bonds is 2. The van der Waals surface area contributed by atoms with Gasteiger partial charge in [-0.1, -0.05) is 0 Å². The van der Waals surface area contributed by atoms with Crippen LogP contribution in [0.2, 0.25) is 0 Å². The number of nitrogens with zero attached hydrogens (tertiary/aromatic N) is 1. The fraction of sp³-hybridized carbons (Fsp3) is 0.750. The first kappa shape index (κ1) is 9.03. The number of urea groups is 1. The molecule has 1 unspecified atom stereocenters. The number of hydrogen-bond donors (Lipinski definition) is 1. The van der Waals surface area contributed by atoms with Crippen molar-refractivity contribution in [1.82, 2.24) is 4.90 Å². The second-order valence-corrected chi connectivity index (χ2v) is 3.08. The highest BCUT2D eigenvalue weighted by Crippen LogP contribution is 2.18. The second kappa shape index (κ2) is 4.09. The number of hydrogen-bond acceptors (Lipinski definition) is 2. The van der Waals surface area contributed by atoms with Crippen LogP contribution in [0.15, 0.2) is 0 Å². The van der Waals surface area contributed by atoms with Crippen molar-refractivity contribution >= 4 is 12.3 Å². The molecule has 0 aromatic carbocycles. The number of aldehydes is 1. The van der Waals surface area contributed by atoms with Crippen LogP contribution in [0.25, 0.3) is 0 Å². The third-order valence-corrected chi connectivity index (χ3v) is 2.28. The standard InChI is InChI=1S/C8H14N2O2/c9-8(12)10-5-2-1-3-7(10)4-6-11/h6-7H,1-5H2,(H2,9,12). The van der Waals surface area contributed by atoms with Crippen LogP contribution in [-0.4, -0.2) is 29.8 Å². The highest BCUT2D eigenvalue weighted by atomic mass is 16.2. The average molecular weight is 170 g/mol. The van der Waals surface area contributed by atoms with Crippen LogP contribution in [0.4, 0.5) is 4.79 Å². The minimum atomic E-state index is -0.401. The predicted octanol–water partition coefficient (Wildman–Crippen LogP) is 0.509. The minimum Gasteiger partial charge on any atom is -0.351 e. The van der Waals surface area contributed by atoms with E-state index in [1.807, 2.05) is 0 Å². The van der Waals surface area contributed by atoms with Gasteiger partial charge in [-0.25, -0.2) is 4.79 Å². The van der Waals surface area contributed by atoms with Crippen molar-refractivity contribution in [3.8, 4) is 0 Å². The number of likely N-dealkylation sites (tertiary alicyclic amines) is 1. The fourth-order valence-electron chi connectivity index (χ4n) is 1.65. The lowest BCUT2D eigenvalue weighted by molar-refractivity contribution is -0.108. The van der Waals surface area contributed by atoms with E-state index in [0.29, 0.717) is 13.0 Å². The summed E-state index contributed by atoms with van der Waals surface area (Å²) in [5.74, 6) is 0. The molecule has 4 heteroatoms. The molecule has 1 fully saturated rings. The molecule has 1 saturated heterocycles. The Bertz CT molecular complexity index is 182. The lowest BCUT2D eigenvalue weighted by Gasteiger charge is -2.33. The van der Waals surface area contributed by atoms with E-state index in [0.717, 1.165) is 25.5 Å². The Kier molecular flexibility index (Phi) is 3.08. The predicted molar refractivity (Wildman–Crippen MR) is 44.6 cm³/mol. The van der Waals surface area contributed by atoms with E-state index >= 15 is 0 Å². The van der Waals surface area contributed by atoms with E-state index in [1.54, 1.807) is 4.90 Å². The monoisotopic (exact) mass is 170 g/mol. The van der Waals surface area contributed by atoms with Crippen LogP contribution in [0.5, 0.6) is 0 Å². The molecule has 1 atom stereocenters. The van der Waals surface area contributed by atoms with Gasteiger partial charge in [-0.15, -0.1) is 0 Å². The summed E-state index contributed by atoms with van der Waals surface area (Å²) in [6.45, 7) is 0.702. The van der Waals surface area contributed by atoms with Crippen molar-refractivity contribution < 1.29 is 9.59 Å². The van der Waals surface area contributed by atoms with E-state index in [-0.39, 0.29) is 6.04 Å². The molecule has 68 valence electrons. The number of nitrogens with two attached hydrogens (primary N) is 1. The van der Waals surface area contributed by atoms with Crippen LogP contribution in [-0.2, 0) is 4.79 Å². The zero-order valence-electron chi connectivity index (χ0n) is 7.03. The Morgan fingerprint density at radius 3 is 2.92 bits per heavy atom. The molecule has 0 aromatic rings. The van der Waals surface area contributed by atoms with Crippen molar-refractivity contribution in [2.24, 2.45) is 5.73 Å². The summed E-state index contributed by atoms with van der Waals surface area (Å²) in [6.07, 6.45) is 4.26. The summed E-state index contributed by atoms with van der Waals surface area (Å²) in [5, 5.41) is 0. The second-order valence-electron chi connectivity index (χ2n) is 3.08. The first-order valence-corrected chi connectivity index (χ1v) is 4.25. The van der Waals surface area contributed by atoms with E-state index in [9.17, 15) is 9.59 Å². The molecule has 1 aliphatic rings. The molecule has 0 spiro atoms. The van der Waals surface area contributed by atoms with Gasteiger partial charge in [0, 0.05) is 19.0 Å². The zero-order chi connectivity index (χ0) is 8.97. The van der Waals surface area contributed by atoms with Gasteiger partial charge in [-0.05, 0) is 19.3 Å². The molecule has 4 nitrogen and oxygen atoms in total. The Balaban J connectivity index is 2.53. The average Bonchev–Trinajstić information content (AvgIpc) is 2.05. The maximum Gasteiger partial charge on any atom is 0.315 e. The summed E-state index contributed by atoms with van der Waals surface area (Å²) in [5.41, 5.74) is 5.16. The highest BCUT2D eigenvalue weighted by Gasteiger charge is 2.24. The van der Waals surface area contributed by atoms with Gasteiger partial charge in [-0.3, -0.25) is 0 Å². The molecule has 1 heterocycles. The lowest BCUT2D eigenvalue weighted by atomic mass is 10.0. The molecule has 0 aliphatic carbocycles. The van der Waals surface area contributed by atoms with Crippen LogP contribution in [0, 0.1) is 0 Å². The molecule has 2 N–H and O–H groups in total. The SMILES string of the molecule is NC(=O)N1CCCCC1CC=O. The van der Waals surface area contributed by atoms with Crippen molar-refractivity contribution in [3.05, 3.63) is 0 Å². The normalized spacial score (nSPS) is 23.7. The topological polar surface area (TPSA) is 63.4 Å². The van der Waals surface area contributed by atoms with E-state index in [1.165, 1.54) is 0 Å². The van der Waals surface area contributed by atoms with E-state index < -0.39 is 6.03 Å². The molecule has 0 aromatic heterocycles. The largest absolute Gasteiger partial charge is 0.351 e. The van der Waals surface area contributed by atoms with Crippen LogP contribution in [0.1, 0.15) is 25.7 Å². The molecule has 12 heavy (non-hydrogen) atoms. The fourth-order valence-corrected chi connectivity index (χ4v) is 1.65. The van der Waals surface area contributed by atoms with Crippen molar-refractivity contribution in [3.63, 3.8) is 0 Å². The molecule has 0 bridgehead atoms.